The molecule has 6 unspecified atom stereocenters. The Bertz CT molecular complexity index is 1570. The van der Waals surface area contributed by atoms with Crippen LogP contribution in [0.4, 0.5) is 0 Å². The molecule has 3 aliphatic rings. The number of ether oxygens (including phenoxy) is 3. The van der Waals surface area contributed by atoms with E-state index in [2.05, 4.69) is 0 Å². The molecule has 3 fully saturated rings. The second-order valence-electron chi connectivity index (χ2n) is 10.8. The zero-order valence-corrected chi connectivity index (χ0v) is 26.9. The van der Waals surface area contributed by atoms with E-state index in [-0.39, 0.29) is 39.4 Å². The van der Waals surface area contributed by atoms with E-state index < -0.39 is 58.0 Å². The standard InChI is InChI=1S/C27H26I2O10S/c1-9(2)12-7-17(10(3)5-18(12)40(34,35)36)37-25(31)19-13-6-14-20(19)26(32)38-23(14)24(13)39-27(33)21-15(28)8-16(30)11(4)22(21)29/h5,7-9,13-14,19-20,23-24,30H,6H2,1-4H3,(H,34,35,36). The summed E-state index contributed by atoms with van der Waals surface area (Å²) in [7, 11) is -4.50. The van der Waals surface area contributed by atoms with Crippen molar-refractivity contribution in [3.8, 4) is 11.5 Å². The van der Waals surface area contributed by atoms with Crippen molar-refractivity contribution in [1.82, 2.24) is 0 Å². The number of benzene rings is 2. The van der Waals surface area contributed by atoms with Gasteiger partial charge in [-0.3, -0.25) is 14.1 Å². The summed E-state index contributed by atoms with van der Waals surface area (Å²) in [4.78, 5) is 39.5. The molecule has 10 nitrogen and oxygen atoms in total. The SMILES string of the molecule is Cc1cc(S(=O)(=O)O)c(C(C)C)cc1OC(=O)C1C2CC3C(OC(=O)C31)C2OC(=O)c1c(I)cc(O)c(C)c1I. The molecule has 1 aliphatic heterocycles. The first kappa shape index (κ1) is 29.5. The molecule has 0 radical (unpaired) electrons. The highest BCUT2D eigenvalue weighted by molar-refractivity contribution is 14.1. The minimum Gasteiger partial charge on any atom is -0.508 e. The molecule has 6 atom stereocenters. The van der Waals surface area contributed by atoms with Crippen LogP contribution in [0.1, 0.15) is 53.2 Å². The molecule has 0 spiro atoms. The number of aryl methyl sites for hydroxylation is 1. The van der Waals surface area contributed by atoms with Crippen molar-refractivity contribution in [3.05, 3.63) is 47.6 Å². The van der Waals surface area contributed by atoms with Crippen molar-refractivity contribution in [3.63, 3.8) is 0 Å². The number of carbonyl (C=O) groups excluding carboxylic acids is 3. The fourth-order valence-corrected chi connectivity index (χ4v) is 9.19. The molecule has 2 bridgehead atoms. The zero-order valence-electron chi connectivity index (χ0n) is 21.8. The van der Waals surface area contributed by atoms with Gasteiger partial charge in [-0.2, -0.15) is 8.42 Å². The van der Waals surface area contributed by atoms with Gasteiger partial charge in [0, 0.05) is 24.5 Å². The first-order valence-electron chi connectivity index (χ1n) is 12.5. The second kappa shape index (κ2) is 10.4. The van der Waals surface area contributed by atoms with Crippen molar-refractivity contribution in [2.24, 2.45) is 23.7 Å². The lowest BCUT2D eigenvalue weighted by Gasteiger charge is -2.30. The Morgan fingerprint density at radius 1 is 1.12 bits per heavy atom. The van der Waals surface area contributed by atoms with Crippen molar-refractivity contribution in [1.29, 1.82) is 0 Å². The van der Waals surface area contributed by atoms with Crippen LogP contribution in [0, 0.1) is 44.7 Å². The fourth-order valence-electron chi connectivity index (χ4n) is 6.18. The highest BCUT2D eigenvalue weighted by atomic mass is 127. The van der Waals surface area contributed by atoms with E-state index in [1.54, 1.807) is 27.7 Å². The third-order valence-corrected chi connectivity index (χ3v) is 11.2. The smallest absolute Gasteiger partial charge is 0.340 e. The van der Waals surface area contributed by atoms with Crippen molar-refractivity contribution in [2.45, 2.75) is 57.1 Å². The van der Waals surface area contributed by atoms with Crippen molar-refractivity contribution < 1.29 is 46.7 Å². The molecular weight excluding hydrogens is 770 g/mol. The van der Waals surface area contributed by atoms with Gasteiger partial charge in [0.15, 0.2) is 0 Å². The van der Waals surface area contributed by atoms with E-state index >= 15 is 0 Å². The summed E-state index contributed by atoms with van der Waals surface area (Å²) in [5.74, 6) is -4.47. The third kappa shape index (κ3) is 4.79. The minimum atomic E-state index is -4.50. The highest BCUT2D eigenvalue weighted by Crippen LogP contribution is 2.59. The van der Waals surface area contributed by atoms with E-state index in [0.29, 0.717) is 24.7 Å². The van der Waals surface area contributed by atoms with Gasteiger partial charge >= 0.3 is 17.9 Å². The molecule has 2 saturated carbocycles. The average molecular weight is 796 g/mol. The highest BCUT2D eigenvalue weighted by Gasteiger charge is 2.70. The molecule has 2 aliphatic carbocycles. The molecule has 13 heteroatoms. The van der Waals surface area contributed by atoms with Gasteiger partial charge in [0.25, 0.3) is 10.1 Å². The van der Waals surface area contributed by atoms with Crippen LogP contribution in [0.15, 0.2) is 23.1 Å². The molecule has 1 heterocycles. The monoisotopic (exact) mass is 796 g/mol. The predicted octanol–water partition coefficient (Wildman–Crippen LogP) is 4.53. The van der Waals surface area contributed by atoms with E-state index in [1.165, 1.54) is 18.2 Å². The third-order valence-electron chi connectivity index (χ3n) is 8.12. The molecule has 0 amide bonds. The van der Waals surface area contributed by atoms with Gasteiger partial charge in [0.1, 0.15) is 23.7 Å². The first-order chi connectivity index (χ1) is 18.6. The number of hydrogen-bond acceptors (Lipinski definition) is 9. The zero-order chi connectivity index (χ0) is 29.4. The van der Waals surface area contributed by atoms with Crippen molar-refractivity contribution >= 4 is 73.2 Å². The number of halogens is 2. The van der Waals surface area contributed by atoms with Gasteiger partial charge in [0.2, 0.25) is 0 Å². The van der Waals surface area contributed by atoms with Crippen LogP contribution in [0.2, 0.25) is 0 Å². The average Bonchev–Trinajstić information content (AvgIpc) is 3.46. The van der Waals surface area contributed by atoms with Gasteiger partial charge in [0.05, 0.1) is 22.3 Å². The Morgan fingerprint density at radius 2 is 1.80 bits per heavy atom. The van der Waals surface area contributed by atoms with E-state index in [1.807, 2.05) is 45.2 Å². The van der Waals surface area contributed by atoms with Gasteiger partial charge < -0.3 is 19.3 Å². The topological polar surface area (TPSA) is 154 Å². The lowest BCUT2D eigenvalue weighted by atomic mass is 9.78. The quantitative estimate of drug-likeness (QED) is 0.185. The van der Waals surface area contributed by atoms with Gasteiger partial charge in [-0.05, 0) is 101 Å². The first-order valence-corrected chi connectivity index (χ1v) is 16.1. The number of hydrogen-bond donors (Lipinski definition) is 2. The summed E-state index contributed by atoms with van der Waals surface area (Å²) < 4.78 is 51.8. The summed E-state index contributed by atoms with van der Waals surface area (Å²) in [5, 5.41) is 10.1. The van der Waals surface area contributed by atoms with Crippen LogP contribution < -0.4 is 4.74 Å². The Balaban J connectivity index is 1.44. The van der Waals surface area contributed by atoms with E-state index in [9.17, 15) is 32.5 Å². The summed E-state index contributed by atoms with van der Waals surface area (Å²) in [6, 6.07) is 4.14. The number of aromatic hydroxyl groups is 1. The van der Waals surface area contributed by atoms with Gasteiger partial charge in [-0.1, -0.05) is 13.8 Å². The normalized spacial score (nSPS) is 26.8. The molecule has 2 aromatic rings. The number of phenolic OH excluding ortho intramolecular Hbond substituents is 1. The van der Waals surface area contributed by atoms with Crippen LogP contribution in [0.5, 0.6) is 11.5 Å². The Morgan fingerprint density at radius 3 is 2.42 bits per heavy atom. The number of rotatable bonds is 6. The van der Waals surface area contributed by atoms with Crippen LogP contribution in [0.25, 0.3) is 0 Å². The number of carbonyl (C=O) groups is 3. The molecule has 40 heavy (non-hydrogen) atoms. The fraction of sp³-hybridized carbons (Fsp3) is 0.444. The van der Waals surface area contributed by atoms with E-state index in [4.69, 9.17) is 14.2 Å². The Labute approximate surface area is 258 Å². The molecule has 0 aromatic heterocycles. The van der Waals surface area contributed by atoms with Gasteiger partial charge in [-0.15, -0.1) is 0 Å². The molecule has 2 aromatic carbocycles. The maximum Gasteiger partial charge on any atom is 0.340 e. The Hall–Kier alpha value is -1.98. The van der Waals surface area contributed by atoms with Crippen LogP contribution in [0.3, 0.4) is 0 Å². The lowest BCUT2D eigenvalue weighted by molar-refractivity contribution is -0.149. The van der Waals surface area contributed by atoms with Crippen LogP contribution >= 0.6 is 45.2 Å². The molecule has 1 saturated heterocycles. The predicted molar refractivity (Wildman–Crippen MR) is 157 cm³/mol. The van der Waals surface area contributed by atoms with Crippen LogP contribution in [-0.2, 0) is 29.2 Å². The second-order valence-corrected chi connectivity index (χ2v) is 14.4. The summed E-state index contributed by atoms with van der Waals surface area (Å²) >= 11 is 3.92. The minimum absolute atomic E-state index is 0.0567. The summed E-state index contributed by atoms with van der Waals surface area (Å²) in [6.45, 7) is 6.72. The molecule has 5 rings (SSSR count). The lowest BCUT2D eigenvalue weighted by Crippen LogP contribution is -2.44. The number of phenols is 1. The van der Waals surface area contributed by atoms with E-state index in [0.717, 1.165) is 0 Å². The van der Waals surface area contributed by atoms with Gasteiger partial charge in [-0.25, -0.2) is 4.79 Å². The van der Waals surface area contributed by atoms with Crippen molar-refractivity contribution in [2.75, 3.05) is 0 Å². The van der Waals surface area contributed by atoms with Crippen LogP contribution in [-0.4, -0.2) is 48.2 Å². The summed E-state index contributed by atoms with van der Waals surface area (Å²) in [6.07, 6.45) is -1.07. The largest absolute Gasteiger partial charge is 0.508 e. The maximum atomic E-state index is 13.6. The molecule has 214 valence electrons. The molecule has 2 N–H and O–H groups in total. The number of fused-ring (bicyclic) bond motifs is 1. The molecular formula is C27H26I2O10S. The Kier molecular flexibility index (Phi) is 7.66. The summed E-state index contributed by atoms with van der Waals surface area (Å²) in [5.41, 5.74) is 1.42. The maximum absolute atomic E-state index is 13.6. The number of esters is 3.